The Balaban J connectivity index is 1.41. The zero-order chi connectivity index (χ0) is 23.6. The summed E-state index contributed by atoms with van der Waals surface area (Å²) in [7, 11) is 0. The van der Waals surface area contributed by atoms with E-state index in [0.717, 1.165) is 48.4 Å². The van der Waals surface area contributed by atoms with E-state index < -0.39 is 0 Å². The lowest BCUT2D eigenvalue weighted by Gasteiger charge is -2.44. The molecule has 3 amide bonds. The monoisotopic (exact) mass is 465 g/mol. The summed E-state index contributed by atoms with van der Waals surface area (Å²) in [6.07, 6.45) is 2.47. The normalized spacial score (nSPS) is 17.9. The van der Waals surface area contributed by atoms with E-state index in [2.05, 4.69) is 50.0 Å². The van der Waals surface area contributed by atoms with Gasteiger partial charge in [-0.2, -0.15) is 0 Å². The lowest BCUT2D eigenvalue weighted by molar-refractivity contribution is 0.0585. The van der Waals surface area contributed by atoms with Crippen LogP contribution in [0.5, 0.6) is 0 Å². The summed E-state index contributed by atoms with van der Waals surface area (Å²) in [5.74, 6) is 1.05. The van der Waals surface area contributed by atoms with Crippen molar-refractivity contribution in [3.05, 3.63) is 65.2 Å². The number of benzene rings is 2. The summed E-state index contributed by atoms with van der Waals surface area (Å²) >= 11 is 1.87. The molecule has 2 heterocycles. The minimum absolute atomic E-state index is 0.0515. The average Bonchev–Trinajstić information content (AvgIpc) is 3.21. The van der Waals surface area contributed by atoms with Crippen LogP contribution in [-0.4, -0.2) is 52.0 Å². The fraction of sp³-hybridized carbons (Fsp3) is 0.481. The molecule has 0 aromatic heterocycles. The van der Waals surface area contributed by atoms with Gasteiger partial charge >= 0.3 is 6.03 Å². The first-order valence-electron chi connectivity index (χ1n) is 11.9. The third-order valence-electron chi connectivity index (χ3n) is 6.89. The van der Waals surface area contributed by atoms with Crippen LogP contribution in [0.25, 0.3) is 0 Å². The van der Waals surface area contributed by atoms with Gasteiger partial charge in [-0.25, -0.2) is 4.79 Å². The fourth-order valence-electron chi connectivity index (χ4n) is 4.78. The Bertz CT molecular complexity index is 1000. The third-order valence-corrected chi connectivity index (χ3v) is 8.45. The number of thioether (sulfide) groups is 1. The average molecular weight is 466 g/mol. The number of anilines is 1. The van der Waals surface area contributed by atoms with Crippen molar-refractivity contribution in [1.29, 1.82) is 0 Å². The maximum atomic E-state index is 13.4. The number of carbonyl (C=O) groups is 2. The van der Waals surface area contributed by atoms with Gasteiger partial charge in [-0.15, -0.1) is 11.8 Å². The van der Waals surface area contributed by atoms with Crippen molar-refractivity contribution in [2.24, 2.45) is 0 Å². The van der Waals surface area contributed by atoms with Crippen LogP contribution >= 0.6 is 11.8 Å². The minimum atomic E-state index is -0.210. The maximum absolute atomic E-state index is 13.4. The van der Waals surface area contributed by atoms with E-state index in [9.17, 15) is 9.59 Å². The number of carbonyl (C=O) groups excluding carboxylic acids is 2. The van der Waals surface area contributed by atoms with Gasteiger partial charge in [0.1, 0.15) is 0 Å². The van der Waals surface area contributed by atoms with Crippen molar-refractivity contribution >= 4 is 29.4 Å². The first-order valence-corrected chi connectivity index (χ1v) is 12.9. The smallest absolute Gasteiger partial charge is 0.321 e. The highest BCUT2D eigenvalue weighted by Gasteiger charge is 2.47. The molecule has 2 aromatic carbocycles. The van der Waals surface area contributed by atoms with E-state index in [1.165, 1.54) is 5.56 Å². The molecule has 176 valence electrons. The van der Waals surface area contributed by atoms with E-state index in [0.29, 0.717) is 13.1 Å². The number of urea groups is 1. The summed E-state index contributed by atoms with van der Waals surface area (Å²) in [5, 5.41) is 3.09. The number of para-hydroxylation sites is 1. The van der Waals surface area contributed by atoms with E-state index >= 15 is 0 Å². The first kappa shape index (κ1) is 23.7. The molecule has 0 radical (unpaired) electrons. The molecule has 0 unspecified atom stereocenters. The molecule has 0 aliphatic carbocycles. The molecule has 0 bridgehead atoms. The first-order chi connectivity index (χ1) is 15.7. The van der Waals surface area contributed by atoms with Gasteiger partial charge < -0.3 is 15.1 Å². The molecule has 5 nitrogen and oxygen atoms in total. The Morgan fingerprint density at radius 3 is 2.30 bits per heavy atom. The van der Waals surface area contributed by atoms with Crippen molar-refractivity contribution in [3.63, 3.8) is 0 Å². The number of amides is 3. The van der Waals surface area contributed by atoms with Gasteiger partial charge in [0.25, 0.3) is 5.91 Å². The van der Waals surface area contributed by atoms with E-state index in [-0.39, 0.29) is 22.2 Å². The Morgan fingerprint density at radius 1 is 1.00 bits per heavy atom. The fourth-order valence-corrected chi connectivity index (χ4v) is 6.24. The second-order valence-corrected chi connectivity index (χ2v) is 11.5. The maximum Gasteiger partial charge on any atom is 0.321 e. The molecule has 2 fully saturated rings. The summed E-state index contributed by atoms with van der Waals surface area (Å²) in [5.41, 5.74) is 4.07. The highest BCUT2D eigenvalue weighted by Crippen LogP contribution is 2.44. The van der Waals surface area contributed by atoms with Gasteiger partial charge in [0.05, 0.1) is 4.87 Å². The highest BCUT2D eigenvalue weighted by atomic mass is 32.2. The van der Waals surface area contributed by atoms with Crippen LogP contribution in [0.15, 0.2) is 48.5 Å². The summed E-state index contributed by atoms with van der Waals surface area (Å²) < 4.78 is 0. The standard InChI is InChI=1S/C27H35N3O2S/c1-5-20-8-6-7-9-23(20)28-25(32)29-16-14-27(15-17-29)30(18-19-33-27)24(31)21-10-12-22(13-11-21)26(2,3)4/h6-13H,5,14-19H2,1-4H3,(H,28,32). The van der Waals surface area contributed by atoms with Crippen LogP contribution in [0.2, 0.25) is 0 Å². The van der Waals surface area contributed by atoms with Gasteiger partial charge in [-0.3, -0.25) is 4.79 Å². The number of piperidine rings is 1. The lowest BCUT2D eigenvalue weighted by Crippen LogP contribution is -2.54. The molecule has 2 aliphatic rings. The largest absolute Gasteiger partial charge is 0.324 e. The Labute approximate surface area is 201 Å². The number of rotatable bonds is 3. The zero-order valence-corrected chi connectivity index (χ0v) is 21.0. The number of aryl methyl sites for hydroxylation is 1. The predicted octanol–water partition coefficient (Wildman–Crippen LogP) is 5.76. The van der Waals surface area contributed by atoms with Crippen LogP contribution < -0.4 is 5.32 Å². The highest BCUT2D eigenvalue weighted by molar-refractivity contribution is 8.00. The molecular formula is C27H35N3O2S. The molecule has 6 heteroatoms. The molecule has 2 saturated heterocycles. The number of likely N-dealkylation sites (tertiary alicyclic amines) is 1. The molecule has 0 atom stereocenters. The Kier molecular flexibility index (Phi) is 6.76. The zero-order valence-electron chi connectivity index (χ0n) is 20.2. The summed E-state index contributed by atoms with van der Waals surface area (Å²) in [6, 6.07) is 16.0. The number of hydrogen-bond donors (Lipinski definition) is 1. The van der Waals surface area contributed by atoms with E-state index in [1.54, 1.807) is 0 Å². The van der Waals surface area contributed by atoms with Crippen LogP contribution in [0.1, 0.15) is 62.0 Å². The van der Waals surface area contributed by atoms with Crippen molar-refractivity contribution in [2.75, 3.05) is 30.7 Å². The Hall–Kier alpha value is -2.47. The van der Waals surface area contributed by atoms with Gasteiger partial charge in [0.15, 0.2) is 0 Å². The van der Waals surface area contributed by atoms with Crippen LogP contribution in [0, 0.1) is 0 Å². The Morgan fingerprint density at radius 2 is 1.67 bits per heavy atom. The molecule has 2 aliphatic heterocycles. The molecule has 2 aromatic rings. The molecular weight excluding hydrogens is 430 g/mol. The number of nitrogens with one attached hydrogen (secondary N) is 1. The van der Waals surface area contributed by atoms with Crippen LogP contribution in [0.4, 0.5) is 10.5 Å². The second kappa shape index (κ2) is 9.41. The quantitative estimate of drug-likeness (QED) is 0.627. The van der Waals surface area contributed by atoms with Crippen molar-refractivity contribution in [1.82, 2.24) is 9.80 Å². The second-order valence-electron chi connectivity index (χ2n) is 10.0. The van der Waals surface area contributed by atoms with Gasteiger partial charge in [0.2, 0.25) is 0 Å². The van der Waals surface area contributed by atoms with Gasteiger partial charge in [0, 0.05) is 36.6 Å². The van der Waals surface area contributed by atoms with Crippen LogP contribution in [-0.2, 0) is 11.8 Å². The van der Waals surface area contributed by atoms with Crippen molar-refractivity contribution in [2.45, 2.75) is 57.2 Å². The van der Waals surface area contributed by atoms with Crippen LogP contribution in [0.3, 0.4) is 0 Å². The predicted molar refractivity (Wildman–Crippen MR) is 137 cm³/mol. The number of hydrogen-bond acceptors (Lipinski definition) is 3. The SMILES string of the molecule is CCc1ccccc1NC(=O)N1CCC2(CC1)SCCN2C(=O)c1ccc(C(C)(C)C)cc1. The van der Waals surface area contributed by atoms with Gasteiger partial charge in [-0.05, 0) is 54.0 Å². The molecule has 1 N–H and O–H groups in total. The topological polar surface area (TPSA) is 52.7 Å². The van der Waals surface area contributed by atoms with E-state index in [4.69, 9.17) is 0 Å². The molecule has 1 spiro atoms. The molecule has 0 saturated carbocycles. The third kappa shape index (κ3) is 4.91. The summed E-state index contributed by atoms with van der Waals surface area (Å²) in [4.78, 5) is 30.1. The number of nitrogens with zero attached hydrogens (tertiary/aromatic N) is 2. The minimum Gasteiger partial charge on any atom is -0.324 e. The van der Waals surface area contributed by atoms with Crippen molar-refractivity contribution in [3.8, 4) is 0 Å². The molecule has 4 rings (SSSR count). The summed E-state index contributed by atoms with van der Waals surface area (Å²) in [6.45, 7) is 10.7. The van der Waals surface area contributed by atoms with Gasteiger partial charge in [-0.1, -0.05) is 58.0 Å². The van der Waals surface area contributed by atoms with Crippen molar-refractivity contribution < 1.29 is 9.59 Å². The lowest BCUT2D eigenvalue weighted by atomic mass is 9.86. The molecule has 33 heavy (non-hydrogen) atoms. The van der Waals surface area contributed by atoms with E-state index in [1.807, 2.05) is 53.1 Å².